The number of nitrogens with one attached hydrogen (secondary N) is 1. The molecule has 2 atom stereocenters. The van der Waals surface area contributed by atoms with Gasteiger partial charge in [0.05, 0.1) is 11.8 Å². The number of aryl methyl sites for hydroxylation is 1. The highest BCUT2D eigenvalue weighted by Crippen LogP contribution is 2.27. The monoisotopic (exact) mass is 325 g/mol. The van der Waals surface area contributed by atoms with Crippen molar-refractivity contribution in [1.29, 1.82) is 0 Å². The third kappa shape index (κ3) is 2.90. The normalized spacial score (nSPS) is 20.7. The summed E-state index contributed by atoms with van der Waals surface area (Å²) in [6.45, 7) is 3.13. The summed E-state index contributed by atoms with van der Waals surface area (Å²) in [7, 11) is 0. The van der Waals surface area contributed by atoms with Gasteiger partial charge in [-0.1, -0.05) is 35.5 Å². The van der Waals surface area contributed by atoms with Crippen LogP contribution >= 0.6 is 0 Å². The largest absolute Gasteiger partial charge is 0.391 e. The minimum absolute atomic E-state index is 0.0970. The number of β-amino-alcohol motifs (C(OH)–C–C–N with tert-alkyl or cyclic N) is 1. The van der Waals surface area contributed by atoms with Crippen LogP contribution in [0.5, 0.6) is 0 Å². The van der Waals surface area contributed by atoms with Crippen LogP contribution in [-0.2, 0) is 6.42 Å². The van der Waals surface area contributed by atoms with E-state index >= 15 is 0 Å². The molecule has 0 amide bonds. The minimum atomic E-state index is -0.436. The molecule has 0 aliphatic carbocycles. The highest BCUT2D eigenvalue weighted by molar-refractivity contribution is 5.55. The third-order valence-corrected chi connectivity index (χ3v) is 4.35. The molecule has 1 saturated heterocycles. The van der Waals surface area contributed by atoms with Gasteiger partial charge in [0.25, 0.3) is 0 Å². The van der Waals surface area contributed by atoms with Crippen molar-refractivity contribution in [3.05, 3.63) is 47.8 Å². The van der Waals surface area contributed by atoms with E-state index in [-0.39, 0.29) is 5.92 Å². The van der Waals surface area contributed by atoms with Crippen LogP contribution in [0, 0.1) is 12.8 Å². The third-order valence-electron chi connectivity index (χ3n) is 4.35. The van der Waals surface area contributed by atoms with Crippen LogP contribution < -0.4 is 4.90 Å². The predicted octanol–water partition coefficient (Wildman–Crippen LogP) is 1.81. The summed E-state index contributed by atoms with van der Waals surface area (Å²) in [5.74, 6) is 0.659. The standard InChI is InChI=1S/C17H19N5O2/c1-11-7-14(20-19-11)8-13-9-22(10-15(13)23)17-18-16(21-24-17)12-5-3-2-4-6-12/h2-7,13,15,23H,8-10H2,1H3,(H,19,20)/t13-,15-/m1/s1. The van der Waals surface area contributed by atoms with Crippen molar-refractivity contribution in [1.82, 2.24) is 20.3 Å². The van der Waals surface area contributed by atoms with Crippen molar-refractivity contribution in [2.75, 3.05) is 18.0 Å². The molecule has 3 aromatic rings. The number of nitrogens with zero attached hydrogens (tertiary/aromatic N) is 4. The first kappa shape index (κ1) is 14.9. The Labute approximate surface area is 139 Å². The number of aromatic amines is 1. The molecule has 1 aliphatic rings. The van der Waals surface area contributed by atoms with Gasteiger partial charge in [0.2, 0.25) is 5.82 Å². The number of aliphatic hydroxyl groups is 1. The predicted molar refractivity (Wildman–Crippen MR) is 88.5 cm³/mol. The molecule has 24 heavy (non-hydrogen) atoms. The Morgan fingerprint density at radius 1 is 1.29 bits per heavy atom. The average Bonchev–Trinajstić information content (AvgIpc) is 3.30. The number of hydrogen-bond donors (Lipinski definition) is 2. The van der Waals surface area contributed by atoms with E-state index in [9.17, 15) is 5.11 Å². The zero-order valence-corrected chi connectivity index (χ0v) is 13.4. The number of H-pyrrole nitrogens is 1. The van der Waals surface area contributed by atoms with Crippen LogP contribution in [0.2, 0.25) is 0 Å². The van der Waals surface area contributed by atoms with Gasteiger partial charge in [0.1, 0.15) is 0 Å². The maximum absolute atomic E-state index is 10.3. The highest BCUT2D eigenvalue weighted by atomic mass is 16.5. The lowest BCUT2D eigenvalue weighted by atomic mass is 10.0. The summed E-state index contributed by atoms with van der Waals surface area (Å²) in [5.41, 5.74) is 2.91. The molecule has 0 saturated carbocycles. The van der Waals surface area contributed by atoms with E-state index in [0.717, 1.165) is 23.4 Å². The Kier molecular flexibility index (Phi) is 3.78. The second kappa shape index (κ2) is 6.09. The van der Waals surface area contributed by atoms with Gasteiger partial charge in [0.15, 0.2) is 0 Å². The average molecular weight is 325 g/mol. The van der Waals surface area contributed by atoms with E-state index in [1.54, 1.807) is 0 Å². The van der Waals surface area contributed by atoms with Crippen LogP contribution in [0.25, 0.3) is 11.4 Å². The Morgan fingerprint density at radius 3 is 2.88 bits per heavy atom. The molecule has 2 aromatic heterocycles. The van der Waals surface area contributed by atoms with E-state index < -0.39 is 6.10 Å². The van der Waals surface area contributed by atoms with Gasteiger partial charge in [-0.3, -0.25) is 5.10 Å². The molecule has 0 unspecified atom stereocenters. The van der Waals surface area contributed by atoms with Gasteiger partial charge >= 0.3 is 6.01 Å². The minimum Gasteiger partial charge on any atom is -0.391 e. The molecule has 2 N–H and O–H groups in total. The number of aromatic nitrogens is 4. The van der Waals surface area contributed by atoms with Crippen molar-refractivity contribution in [2.24, 2.45) is 5.92 Å². The maximum Gasteiger partial charge on any atom is 0.324 e. The van der Waals surface area contributed by atoms with Crippen molar-refractivity contribution in [3.63, 3.8) is 0 Å². The molecule has 3 heterocycles. The fraction of sp³-hybridized carbons (Fsp3) is 0.353. The molecule has 0 bridgehead atoms. The van der Waals surface area contributed by atoms with E-state index in [1.807, 2.05) is 48.2 Å². The zero-order chi connectivity index (χ0) is 16.5. The Balaban J connectivity index is 1.47. The topological polar surface area (TPSA) is 91.1 Å². The van der Waals surface area contributed by atoms with Crippen LogP contribution in [0.1, 0.15) is 11.4 Å². The summed E-state index contributed by atoms with van der Waals surface area (Å²) < 4.78 is 5.39. The smallest absolute Gasteiger partial charge is 0.324 e. The number of anilines is 1. The fourth-order valence-corrected chi connectivity index (χ4v) is 3.11. The molecule has 0 spiro atoms. The molecule has 0 radical (unpaired) electrons. The summed E-state index contributed by atoms with van der Waals surface area (Å²) in [4.78, 5) is 6.40. The molecular weight excluding hydrogens is 306 g/mol. The number of aliphatic hydroxyl groups excluding tert-OH is 1. The number of benzene rings is 1. The Morgan fingerprint density at radius 2 is 2.12 bits per heavy atom. The first-order valence-electron chi connectivity index (χ1n) is 8.02. The number of rotatable bonds is 4. The fourth-order valence-electron chi connectivity index (χ4n) is 3.11. The lowest BCUT2D eigenvalue weighted by Crippen LogP contribution is -2.21. The summed E-state index contributed by atoms with van der Waals surface area (Å²) >= 11 is 0. The van der Waals surface area contributed by atoms with Gasteiger partial charge in [0, 0.05) is 30.3 Å². The summed E-state index contributed by atoms with van der Waals surface area (Å²) in [6.07, 6.45) is 0.288. The number of hydrogen-bond acceptors (Lipinski definition) is 6. The summed E-state index contributed by atoms with van der Waals surface area (Å²) in [5, 5.41) is 21.6. The van der Waals surface area contributed by atoms with E-state index in [0.29, 0.717) is 24.9 Å². The second-order valence-corrected chi connectivity index (χ2v) is 6.25. The van der Waals surface area contributed by atoms with Crippen LogP contribution in [-0.4, -0.2) is 44.6 Å². The second-order valence-electron chi connectivity index (χ2n) is 6.25. The molecule has 7 heteroatoms. The van der Waals surface area contributed by atoms with Crippen LogP contribution in [0.3, 0.4) is 0 Å². The quantitative estimate of drug-likeness (QED) is 0.760. The molecule has 1 aromatic carbocycles. The first-order chi connectivity index (χ1) is 11.7. The highest BCUT2D eigenvalue weighted by Gasteiger charge is 2.34. The van der Waals surface area contributed by atoms with E-state index in [1.165, 1.54) is 0 Å². The zero-order valence-electron chi connectivity index (χ0n) is 13.4. The van der Waals surface area contributed by atoms with E-state index in [4.69, 9.17) is 4.52 Å². The Bertz CT molecular complexity index is 813. The van der Waals surface area contributed by atoms with Gasteiger partial charge in [-0.15, -0.1) is 0 Å². The van der Waals surface area contributed by atoms with Gasteiger partial charge < -0.3 is 14.5 Å². The van der Waals surface area contributed by atoms with E-state index in [2.05, 4.69) is 20.3 Å². The van der Waals surface area contributed by atoms with Gasteiger partial charge in [-0.05, 0) is 19.4 Å². The molecule has 1 fully saturated rings. The van der Waals surface area contributed by atoms with Crippen molar-refractivity contribution in [3.8, 4) is 11.4 Å². The van der Waals surface area contributed by atoms with Crippen LogP contribution in [0.4, 0.5) is 6.01 Å². The van der Waals surface area contributed by atoms with Crippen molar-refractivity contribution < 1.29 is 9.63 Å². The molecule has 124 valence electrons. The SMILES string of the molecule is Cc1cc(C[C@@H]2CN(c3nc(-c4ccccc4)no3)C[C@H]2O)n[nH]1. The Hall–Kier alpha value is -2.67. The molecule has 7 nitrogen and oxygen atoms in total. The molecule has 4 rings (SSSR count). The van der Waals surface area contributed by atoms with Gasteiger partial charge in [-0.2, -0.15) is 10.1 Å². The molecule has 1 aliphatic heterocycles. The van der Waals surface area contributed by atoms with Crippen molar-refractivity contribution >= 4 is 6.01 Å². The lowest BCUT2D eigenvalue weighted by molar-refractivity contribution is 0.147. The van der Waals surface area contributed by atoms with Crippen LogP contribution in [0.15, 0.2) is 40.9 Å². The van der Waals surface area contributed by atoms with Gasteiger partial charge in [-0.25, -0.2) is 0 Å². The first-order valence-corrected chi connectivity index (χ1v) is 8.02. The molecular formula is C17H19N5O2. The lowest BCUT2D eigenvalue weighted by Gasteiger charge is -2.11. The maximum atomic E-state index is 10.3. The van der Waals surface area contributed by atoms with Crippen molar-refractivity contribution in [2.45, 2.75) is 19.4 Å². The summed E-state index contributed by atoms with van der Waals surface area (Å²) in [6, 6.07) is 12.2.